The van der Waals surface area contributed by atoms with Gasteiger partial charge in [-0.2, -0.15) is 0 Å². The number of amides is 2. The maximum absolute atomic E-state index is 14.0. The molecule has 1 N–H and O–H groups in total. The number of carbonyl (C=O) groups excluding carboxylic acids is 2. The molecule has 0 aromatic heterocycles. The van der Waals surface area contributed by atoms with Gasteiger partial charge in [-0.25, -0.2) is 18.0 Å². The molecule has 1 heterocycles. The van der Waals surface area contributed by atoms with Gasteiger partial charge in [-0.3, -0.25) is 9.69 Å². The SMILES string of the molecule is CCOC(=O)N1c2cc(OC)c(OC)cc2C(CNC(=O)c2cc(F)cc(F)c2F)CC1C. The molecular formula is C23H25F3N2O5. The number of halogens is 3. The molecule has 2 unspecified atom stereocenters. The van der Waals surface area contributed by atoms with Crippen molar-refractivity contribution in [3.8, 4) is 11.5 Å². The first-order valence-corrected chi connectivity index (χ1v) is 10.4. The summed E-state index contributed by atoms with van der Waals surface area (Å²) in [4.78, 5) is 26.6. The van der Waals surface area contributed by atoms with Gasteiger partial charge in [0, 0.05) is 30.6 Å². The number of fused-ring (bicyclic) bond motifs is 1. The molecule has 33 heavy (non-hydrogen) atoms. The van der Waals surface area contributed by atoms with E-state index >= 15 is 0 Å². The molecule has 2 amide bonds. The van der Waals surface area contributed by atoms with Crippen LogP contribution in [0.3, 0.4) is 0 Å². The van der Waals surface area contributed by atoms with Gasteiger partial charge in [-0.1, -0.05) is 0 Å². The Labute approximate surface area is 189 Å². The summed E-state index contributed by atoms with van der Waals surface area (Å²) in [6.07, 6.45) is -0.0973. The summed E-state index contributed by atoms with van der Waals surface area (Å²) in [5.41, 5.74) is 0.467. The van der Waals surface area contributed by atoms with Gasteiger partial charge in [0.2, 0.25) is 0 Å². The van der Waals surface area contributed by atoms with E-state index in [0.29, 0.717) is 41.3 Å². The van der Waals surface area contributed by atoms with Crippen LogP contribution in [0.25, 0.3) is 0 Å². The number of hydrogen-bond donors (Lipinski definition) is 1. The second-order valence-electron chi connectivity index (χ2n) is 7.58. The number of nitrogens with zero attached hydrogens (tertiary/aromatic N) is 1. The highest BCUT2D eigenvalue weighted by molar-refractivity contribution is 5.95. The lowest BCUT2D eigenvalue weighted by Gasteiger charge is -2.39. The van der Waals surface area contributed by atoms with Gasteiger partial charge in [0.05, 0.1) is 32.1 Å². The van der Waals surface area contributed by atoms with Gasteiger partial charge >= 0.3 is 6.09 Å². The lowest BCUT2D eigenvalue weighted by Crippen LogP contribution is -2.45. The Morgan fingerprint density at radius 3 is 2.39 bits per heavy atom. The zero-order valence-corrected chi connectivity index (χ0v) is 18.7. The molecule has 10 heteroatoms. The summed E-state index contributed by atoms with van der Waals surface area (Å²) in [5, 5.41) is 2.54. The largest absolute Gasteiger partial charge is 0.493 e. The highest BCUT2D eigenvalue weighted by Gasteiger charge is 2.36. The molecule has 0 bridgehead atoms. The van der Waals surface area contributed by atoms with E-state index < -0.39 is 35.0 Å². The fourth-order valence-corrected chi connectivity index (χ4v) is 4.00. The van der Waals surface area contributed by atoms with Crippen LogP contribution in [0.2, 0.25) is 0 Å². The summed E-state index contributed by atoms with van der Waals surface area (Å²) in [7, 11) is 2.94. The predicted molar refractivity (Wildman–Crippen MR) is 115 cm³/mol. The van der Waals surface area contributed by atoms with Crippen molar-refractivity contribution in [1.29, 1.82) is 0 Å². The van der Waals surface area contributed by atoms with Crippen LogP contribution < -0.4 is 19.7 Å². The summed E-state index contributed by atoms with van der Waals surface area (Å²) < 4.78 is 56.9. The fourth-order valence-electron chi connectivity index (χ4n) is 4.00. The number of rotatable bonds is 6. The molecule has 0 saturated heterocycles. The summed E-state index contributed by atoms with van der Waals surface area (Å²) in [6, 6.07) is 4.05. The minimum Gasteiger partial charge on any atom is -0.493 e. The van der Waals surface area contributed by atoms with Crippen molar-refractivity contribution in [3.63, 3.8) is 0 Å². The monoisotopic (exact) mass is 466 g/mol. The maximum Gasteiger partial charge on any atom is 0.414 e. The number of nitrogens with one attached hydrogen (secondary N) is 1. The summed E-state index contributed by atoms with van der Waals surface area (Å²) in [6.45, 7) is 3.75. The van der Waals surface area contributed by atoms with Crippen LogP contribution in [0.5, 0.6) is 11.5 Å². The number of benzene rings is 2. The van der Waals surface area contributed by atoms with Crippen molar-refractivity contribution in [1.82, 2.24) is 5.32 Å². The fraction of sp³-hybridized carbons (Fsp3) is 0.391. The zero-order chi connectivity index (χ0) is 24.3. The molecule has 7 nitrogen and oxygen atoms in total. The minimum atomic E-state index is -1.45. The van der Waals surface area contributed by atoms with Crippen LogP contribution >= 0.6 is 0 Å². The molecule has 2 atom stereocenters. The first-order chi connectivity index (χ1) is 15.7. The molecule has 0 aliphatic carbocycles. The topological polar surface area (TPSA) is 77.1 Å². The first kappa shape index (κ1) is 24.2. The quantitative estimate of drug-likeness (QED) is 0.639. The third kappa shape index (κ3) is 4.84. The zero-order valence-electron chi connectivity index (χ0n) is 18.7. The van der Waals surface area contributed by atoms with E-state index in [0.717, 1.165) is 0 Å². The molecule has 0 saturated carbocycles. The Morgan fingerprint density at radius 2 is 1.76 bits per heavy atom. The third-order valence-electron chi connectivity index (χ3n) is 5.51. The maximum atomic E-state index is 14.0. The van der Waals surface area contributed by atoms with E-state index in [-0.39, 0.29) is 25.1 Å². The van der Waals surface area contributed by atoms with Crippen LogP contribution in [0.4, 0.5) is 23.7 Å². The van der Waals surface area contributed by atoms with Crippen LogP contribution in [-0.4, -0.2) is 45.4 Å². The lowest BCUT2D eigenvalue weighted by atomic mass is 9.85. The molecule has 1 aliphatic rings. The van der Waals surface area contributed by atoms with Crippen molar-refractivity contribution in [3.05, 3.63) is 52.8 Å². The molecule has 1 aliphatic heterocycles. The van der Waals surface area contributed by atoms with Crippen LogP contribution in [0.1, 0.15) is 42.1 Å². The predicted octanol–water partition coefficient (Wildman–Crippen LogP) is 4.39. The van der Waals surface area contributed by atoms with Gasteiger partial charge in [0.25, 0.3) is 5.91 Å². The molecule has 2 aromatic carbocycles. The smallest absolute Gasteiger partial charge is 0.414 e. The molecule has 178 valence electrons. The first-order valence-electron chi connectivity index (χ1n) is 10.4. The molecule has 2 aromatic rings. The van der Waals surface area contributed by atoms with Crippen LogP contribution in [0, 0.1) is 17.5 Å². The van der Waals surface area contributed by atoms with Crippen molar-refractivity contribution in [2.24, 2.45) is 0 Å². The third-order valence-corrected chi connectivity index (χ3v) is 5.51. The Hall–Kier alpha value is -3.43. The van der Waals surface area contributed by atoms with Crippen molar-refractivity contribution in [2.75, 3.05) is 32.3 Å². The van der Waals surface area contributed by atoms with Gasteiger partial charge in [0.15, 0.2) is 23.1 Å². The summed E-state index contributed by atoms with van der Waals surface area (Å²) in [5.74, 6) is -4.37. The number of anilines is 1. The average molecular weight is 466 g/mol. The van der Waals surface area contributed by atoms with Crippen molar-refractivity contribution >= 4 is 17.7 Å². The molecule has 0 fully saturated rings. The lowest BCUT2D eigenvalue weighted by molar-refractivity contribution is 0.0943. The van der Waals surface area contributed by atoms with Gasteiger partial charge in [-0.05, 0) is 38.0 Å². The molecule has 0 spiro atoms. The van der Waals surface area contributed by atoms with Crippen molar-refractivity contribution < 1.29 is 37.0 Å². The number of hydrogen-bond acceptors (Lipinski definition) is 5. The number of methoxy groups -OCH3 is 2. The molecule has 3 rings (SSSR count). The highest BCUT2D eigenvalue weighted by atomic mass is 19.2. The second-order valence-corrected chi connectivity index (χ2v) is 7.58. The van der Waals surface area contributed by atoms with E-state index in [9.17, 15) is 22.8 Å². The normalized spacial score (nSPS) is 17.2. The Balaban J connectivity index is 1.94. The van der Waals surface area contributed by atoms with E-state index in [1.54, 1.807) is 19.1 Å². The van der Waals surface area contributed by atoms with E-state index in [2.05, 4.69) is 5.32 Å². The van der Waals surface area contributed by atoms with Gasteiger partial charge in [-0.15, -0.1) is 0 Å². The average Bonchev–Trinajstić information content (AvgIpc) is 2.78. The summed E-state index contributed by atoms with van der Waals surface area (Å²) >= 11 is 0. The van der Waals surface area contributed by atoms with E-state index in [1.807, 2.05) is 6.92 Å². The van der Waals surface area contributed by atoms with Crippen LogP contribution in [0.15, 0.2) is 24.3 Å². The molecular weight excluding hydrogens is 441 g/mol. The van der Waals surface area contributed by atoms with Gasteiger partial charge in [0.1, 0.15) is 5.82 Å². The Bertz CT molecular complexity index is 1060. The van der Waals surface area contributed by atoms with Crippen molar-refractivity contribution in [2.45, 2.75) is 32.2 Å². The number of ether oxygens (including phenoxy) is 3. The standard InChI is InChI=1S/C23H25F3N2O5/c1-5-33-23(30)28-12(2)6-13(15-9-19(31-3)20(32-4)10-18(15)28)11-27-22(29)16-7-14(24)8-17(25)21(16)26/h7-10,12-13H,5-6,11H2,1-4H3,(H,27,29). The van der Waals surface area contributed by atoms with E-state index in [4.69, 9.17) is 14.2 Å². The van der Waals surface area contributed by atoms with E-state index in [1.165, 1.54) is 19.1 Å². The number of carbonyl (C=O) groups is 2. The Morgan fingerprint density at radius 1 is 1.09 bits per heavy atom. The minimum absolute atomic E-state index is 0.0277. The van der Waals surface area contributed by atoms with Gasteiger partial charge < -0.3 is 19.5 Å². The Kier molecular flexibility index (Phi) is 7.35. The second kappa shape index (κ2) is 10.0. The molecule has 0 radical (unpaired) electrons. The van der Waals surface area contributed by atoms with Crippen LogP contribution in [-0.2, 0) is 4.74 Å². The highest BCUT2D eigenvalue weighted by Crippen LogP contribution is 2.44.